The van der Waals surface area contributed by atoms with E-state index in [4.69, 9.17) is 0 Å². The molecule has 1 atom stereocenters. The summed E-state index contributed by atoms with van der Waals surface area (Å²) in [5.41, 5.74) is 4.27. The summed E-state index contributed by atoms with van der Waals surface area (Å²) in [5, 5.41) is 6.66. The average molecular weight is 428 g/mol. The van der Waals surface area contributed by atoms with Gasteiger partial charge in [0.15, 0.2) is 11.3 Å². The number of nitrogens with one attached hydrogen (secondary N) is 1. The first-order valence-corrected chi connectivity index (χ1v) is 9.87. The molecule has 31 heavy (non-hydrogen) atoms. The highest BCUT2D eigenvalue weighted by Crippen LogP contribution is 2.40. The lowest BCUT2D eigenvalue weighted by Crippen LogP contribution is -2.47. The van der Waals surface area contributed by atoms with Crippen LogP contribution < -0.4 is 5.32 Å². The summed E-state index contributed by atoms with van der Waals surface area (Å²) < 4.78 is 43.2. The predicted molar refractivity (Wildman–Crippen MR) is 107 cm³/mol. The molecule has 7 nitrogen and oxygen atoms in total. The van der Waals surface area contributed by atoms with Gasteiger partial charge in [-0.25, -0.2) is 14.5 Å². The molecule has 0 saturated heterocycles. The van der Waals surface area contributed by atoms with E-state index in [0.29, 0.717) is 24.2 Å². The van der Waals surface area contributed by atoms with Crippen molar-refractivity contribution in [2.24, 2.45) is 13.0 Å². The van der Waals surface area contributed by atoms with Gasteiger partial charge >= 0.3 is 6.18 Å². The zero-order valence-electron chi connectivity index (χ0n) is 16.8. The molecule has 0 aliphatic heterocycles. The summed E-state index contributed by atoms with van der Waals surface area (Å²) in [6.07, 6.45) is -0.611. The number of halogens is 3. The maximum atomic E-state index is 13.4. The molecule has 3 heterocycles. The summed E-state index contributed by atoms with van der Waals surface area (Å²) in [6, 6.07) is 5.65. The van der Waals surface area contributed by atoms with Gasteiger partial charge in [0.1, 0.15) is 6.04 Å². The molecule has 1 aromatic carbocycles. The lowest BCUT2D eigenvalue weighted by Gasteiger charge is -2.21. The van der Waals surface area contributed by atoms with Crippen molar-refractivity contribution < 1.29 is 18.0 Å². The third-order valence-corrected chi connectivity index (χ3v) is 5.64. The van der Waals surface area contributed by atoms with Gasteiger partial charge < -0.3 is 9.88 Å². The molecule has 0 bridgehead atoms. The molecule has 1 N–H and O–H groups in total. The molecule has 1 aliphatic rings. The first-order chi connectivity index (χ1) is 14.7. The van der Waals surface area contributed by atoms with Gasteiger partial charge in [0.2, 0.25) is 0 Å². The number of nitrogens with zero attached hydrogens (tertiary/aromatic N) is 5. The number of alkyl halides is 3. The van der Waals surface area contributed by atoms with Crippen molar-refractivity contribution in [3.05, 3.63) is 48.0 Å². The Morgan fingerprint density at radius 2 is 2.00 bits per heavy atom. The van der Waals surface area contributed by atoms with Gasteiger partial charge in [0.05, 0.1) is 29.3 Å². The van der Waals surface area contributed by atoms with Gasteiger partial charge in [-0.15, -0.1) is 0 Å². The molecule has 1 aliphatic carbocycles. The van der Waals surface area contributed by atoms with E-state index in [-0.39, 0.29) is 5.69 Å². The van der Waals surface area contributed by atoms with Crippen molar-refractivity contribution in [2.45, 2.75) is 32.0 Å². The number of benzene rings is 1. The SMILES string of the molecule is Cc1cc(-c2ccc3ncn(C)c3c2)nn2c(C(=O)N[C@@H](C3CC3)C(F)(F)F)cnc12. The molecule has 1 fully saturated rings. The maximum absolute atomic E-state index is 13.4. The standard InChI is InChI=1S/C21H19F3N6O/c1-11-7-15(13-5-6-14-16(8-13)29(2)10-26-14)28-30-17(9-25-19(11)30)20(31)27-18(12-3-4-12)21(22,23)24/h5-10,12,18H,3-4H2,1-2H3,(H,27,31)/t18-/m0/s1. The molecule has 4 aromatic rings. The average Bonchev–Trinajstić information content (AvgIpc) is 3.35. The van der Waals surface area contributed by atoms with Gasteiger partial charge in [-0.1, -0.05) is 6.07 Å². The second-order valence-electron chi connectivity index (χ2n) is 7.98. The van der Waals surface area contributed by atoms with Crippen LogP contribution in [0.2, 0.25) is 0 Å². The van der Waals surface area contributed by atoms with E-state index in [2.05, 4.69) is 20.4 Å². The lowest BCUT2D eigenvalue weighted by atomic mass is 10.1. The zero-order chi connectivity index (χ0) is 21.9. The number of aromatic nitrogens is 5. The molecule has 1 saturated carbocycles. The summed E-state index contributed by atoms with van der Waals surface area (Å²) >= 11 is 0. The van der Waals surface area contributed by atoms with E-state index >= 15 is 0 Å². The fourth-order valence-corrected chi connectivity index (χ4v) is 3.82. The highest BCUT2D eigenvalue weighted by atomic mass is 19.4. The molecular weight excluding hydrogens is 409 g/mol. The van der Waals surface area contributed by atoms with Crippen molar-refractivity contribution in [3.63, 3.8) is 0 Å². The van der Waals surface area contributed by atoms with Crippen LogP contribution in [0.15, 0.2) is 36.8 Å². The Morgan fingerprint density at radius 1 is 1.23 bits per heavy atom. The van der Waals surface area contributed by atoms with E-state index < -0.39 is 24.0 Å². The Kier molecular flexibility index (Phi) is 4.28. The van der Waals surface area contributed by atoms with Crippen molar-refractivity contribution in [1.82, 2.24) is 29.5 Å². The van der Waals surface area contributed by atoms with E-state index in [1.54, 1.807) is 6.33 Å². The molecule has 10 heteroatoms. The minimum atomic E-state index is -4.50. The zero-order valence-corrected chi connectivity index (χ0v) is 16.8. The third kappa shape index (κ3) is 3.41. The highest BCUT2D eigenvalue weighted by Gasteiger charge is 2.49. The minimum absolute atomic E-state index is 0.0311. The quantitative estimate of drug-likeness (QED) is 0.538. The number of hydrogen-bond donors (Lipinski definition) is 1. The number of fused-ring (bicyclic) bond motifs is 2. The monoisotopic (exact) mass is 428 g/mol. The Labute approximate surface area is 174 Å². The van der Waals surface area contributed by atoms with Crippen LogP contribution >= 0.6 is 0 Å². The normalized spacial score (nSPS) is 15.5. The number of rotatable bonds is 4. The van der Waals surface area contributed by atoms with Gasteiger partial charge in [-0.05, 0) is 49.4 Å². The van der Waals surface area contributed by atoms with Crippen LogP contribution in [-0.4, -0.2) is 42.3 Å². The third-order valence-electron chi connectivity index (χ3n) is 5.64. The van der Waals surface area contributed by atoms with Gasteiger partial charge in [0, 0.05) is 12.6 Å². The maximum Gasteiger partial charge on any atom is 0.408 e. The number of imidazole rings is 2. The summed E-state index contributed by atoms with van der Waals surface area (Å²) in [4.78, 5) is 21.2. The van der Waals surface area contributed by atoms with Crippen LogP contribution in [0, 0.1) is 12.8 Å². The minimum Gasteiger partial charge on any atom is -0.339 e. The number of carbonyl (C=O) groups is 1. The smallest absolute Gasteiger partial charge is 0.339 e. The molecule has 0 radical (unpaired) electrons. The van der Waals surface area contributed by atoms with Gasteiger partial charge in [-0.3, -0.25) is 4.79 Å². The molecule has 160 valence electrons. The fraction of sp³-hybridized carbons (Fsp3) is 0.333. The van der Waals surface area contributed by atoms with E-state index in [0.717, 1.165) is 22.2 Å². The van der Waals surface area contributed by atoms with Crippen LogP contribution in [0.25, 0.3) is 27.9 Å². The van der Waals surface area contributed by atoms with Crippen LogP contribution in [-0.2, 0) is 7.05 Å². The van der Waals surface area contributed by atoms with Crippen LogP contribution in [0.5, 0.6) is 0 Å². The van der Waals surface area contributed by atoms with E-state index in [9.17, 15) is 18.0 Å². The highest BCUT2D eigenvalue weighted by molar-refractivity contribution is 5.93. The predicted octanol–water partition coefficient (Wildman–Crippen LogP) is 3.66. The summed E-state index contributed by atoms with van der Waals surface area (Å²) in [7, 11) is 1.89. The van der Waals surface area contributed by atoms with E-state index in [1.807, 2.05) is 42.8 Å². The number of hydrogen-bond acceptors (Lipinski definition) is 4. The van der Waals surface area contributed by atoms with Crippen molar-refractivity contribution in [1.29, 1.82) is 0 Å². The second-order valence-corrected chi connectivity index (χ2v) is 7.98. The number of amides is 1. The largest absolute Gasteiger partial charge is 0.408 e. The first-order valence-electron chi connectivity index (χ1n) is 9.87. The van der Waals surface area contributed by atoms with Crippen molar-refractivity contribution in [3.8, 4) is 11.3 Å². The Hall–Kier alpha value is -3.43. The van der Waals surface area contributed by atoms with Crippen LogP contribution in [0.3, 0.4) is 0 Å². The topological polar surface area (TPSA) is 77.1 Å². The van der Waals surface area contributed by atoms with E-state index in [1.165, 1.54) is 10.7 Å². The first kappa shape index (κ1) is 19.5. The second kappa shape index (κ2) is 6.79. The van der Waals surface area contributed by atoms with Crippen molar-refractivity contribution >= 4 is 22.6 Å². The molecular formula is C21H19F3N6O. The van der Waals surface area contributed by atoms with Gasteiger partial charge in [0.25, 0.3) is 5.91 Å². The summed E-state index contributed by atoms with van der Waals surface area (Å²) in [5.74, 6) is -1.41. The fourth-order valence-electron chi connectivity index (χ4n) is 3.82. The molecule has 0 spiro atoms. The van der Waals surface area contributed by atoms with Crippen LogP contribution in [0.4, 0.5) is 13.2 Å². The molecule has 0 unspecified atom stereocenters. The Balaban J connectivity index is 1.55. The number of carbonyl (C=O) groups excluding carboxylic acids is 1. The molecule has 3 aromatic heterocycles. The van der Waals surface area contributed by atoms with Crippen LogP contribution in [0.1, 0.15) is 28.9 Å². The Bertz CT molecular complexity index is 1320. The number of aryl methyl sites for hydroxylation is 2. The Morgan fingerprint density at radius 3 is 2.71 bits per heavy atom. The molecule has 5 rings (SSSR count). The molecule has 1 amide bonds. The lowest BCUT2D eigenvalue weighted by molar-refractivity contribution is -0.158. The summed E-state index contributed by atoms with van der Waals surface area (Å²) in [6.45, 7) is 1.82. The van der Waals surface area contributed by atoms with Crippen molar-refractivity contribution in [2.75, 3.05) is 0 Å². The van der Waals surface area contributed by atoms with Gasteiger partial charge in [-0.2, -0.15) is 18.3 Å².